The zero-order valence-electron chi connectivity index (χ0n) is 15.8. The average Bonchev–Trinajstić information content (AvgIpc) is 2.72. The van der Waals surface area contributed by atoms with E-state index < -0.39 is 9.85 Å². The Morgan fingerprint density at radius 1 is 0.767 bits per heavy atom. The molecule has 1 saturated carbocycles. The molecule has 0 unspecified atom stereocenters. The summed E-state index contributed by atoms with van der Waals surface area (Å²) in [6.45, 7) is 0. The van der Waals surface area contributed by atoms with E-state index in [2.05, 4.69) is 9.98 Å². The number of nitro groups is 2. The van der Waals surface area contributed by atoms with E-state index in [0.717, 1.165) is 37.1 Å². The van der Waals surface area contributed by atoms with Crippen LogP contribution in [0.3, 0.4) is 0 Å². The summed E-state index contributed by atoms with van der Waals surface area (Å²) in [7, 11) is 0. The van der Waals surface area contributed by atoms with Crippen molar-refractivity contribution in [1.29, 1.82) is 0 Å². The van der Waals surface area contributed by atoms with Crippen LogP contribution in [0.1, 0.15) is 36.8 Å². The minimum Gasteiger partial charge on any atom is -0.872 e. The van der Waals surface area contributed by atoms with Gasteiger partial charge in [0.15, 0.2) is 0 Å². The standard InChI is InChI=1S/C20H20N4O6/c25-19-7-5-15(23(27)28)9-13(19)11-21-17-3-1-2-4-18(17)22-12-14-10-16(24(29)30)6-8-20(14)26/h5-12,17-18,25-26H,1-4H2/p-2/t17-,18-/m1/s1. The molecule has 2 aromatic rings. The molecule has 0 radical (unpaired) electrons. The van der Waals surface area contributed by atoms with Crippen LogP contribution in [0.15, 0.2) is 46.4 Å². The second kappa shape index (κ2) is 9.12. The van der Waals surface area contributed by atoms with Gasteiger partial charge >= 0.3 is 0 Å². The normalized spacial score (nSPS) is 19.3. The number of hydrogen-bond acceptors (Lipinski definition) is 8. The molecule has 0 aromatic heterocycles. The average molecular weight is 410 g/mol. The fourth-order valence-corrected chi connectivity index (χ4v) is 3.29. The number of rotatable bonds is 6. The van der Waals surface area contributed by atoms with Crippen LogP contribution in [0.25, 0.3) is 0 Å². The van der Waals surface area contributed by atoms with Crippen molar-refractivity contribution in [2.24, 2.45) is 9.98 Å². The van der Waals surface area contributed by atoms with Gasteiger partial charge in [0.25, 0.3) is 11.4 Å². The molecule has 2 atom stereocenters. The highest BCUT2D eigenvalue weighted by atomic mass is 16.6. The fourth-order valence-electron chi connectivity index (χ4n) is 3.29. The third-order valence-corrected chi connectivity index (χ3v) is 4.91. The lowest BCUT2D eigenvalue weighted by atomic mass is 9.91. The Morgan fingerprint density at radius 3 is 1.53 bits per heavy atom. The Labute approximate surface area is 171 Å². The van der Waals surface area contributed by atoms with E-state index >= 15 is 0 Å². The van der Waals surface area contributed by atoms with Crippen LogP contribution in [-0.4, -0.2) is 34.4 Å². The summed E-state index contributed by atoms with van der Waals surface area (Å²) < 4.78 is 0. The van der Waals surface area contributed by atoms with Crippen molar-refractivity contribution in [3.8, 4) is 11.5 Å². The first-order chi connectivity index (χ1) is 14.3. The molecule has 0 N–H and O–H groups in total. The van der Waals surface area contributed by atoms with Crippen molar-refractivity contribution < 1.29 is 20.1 Å². The Hall–Kier alpha value is -3.82. The topological polar surface area (TPSA) is 157 Å². The van der Waals surface area contributed by atoms with Crippen LogP contribution in [0.4, 0.5) is 11.4 Å². The summed E-state index contributed by atoms with van der Waals surface area (Å²) in [5.41, 5.74) is -0.137. The maximum absolute atomic E-state index is 12.0. The summed E-state index contributed by atoms with van der Waals surface area (Å²) in [5.74, 6) is -0.736. The lowest BCUT2D eigenvalue weighted by molar-refractivity contribution is -0.385. The molecule has 0 bridgehead atoms. The highest BCUT2D eigenvalue weighted by Crippen LogP contribution is 2.26. The van der Waals surface area contributed by atoms with Gasteiger partial charge in [0, 0.05) is 36.7 Å². The molecule has 0 spiro atoms. The summed E-state index contributed by atoms with van der Waals surface area (Å²) in [5, 5.41) is 45.7. The first-order valence-corrected chi connectivity index (χ1v) is 9.32. The van der Waals surface area contributed by atoms with Gasteiger partial charge in [0.1, 0.15) is 0 Å². The Balaban J connectivity index is 1.81. The van der Waals surface area contributed by atoms with Crippen molar-refractivity contribution in [2.75, 3.05) is 0 Å². The molecule has 10 nitrogen and oxygen atoms in total. The monoisotopic (exact) mass is 410 g/mol. The van der Waals surface area contributed by atoms with Gasteiger partial charge in [-0.1, -0.05) is 36.5 Å². The summed E-state index contributed by atoms with van der Waals surface area (Å²) in [6.07, 6.45) is 5.91. The second-order valence-corrected chi connectivity index (χ2v) is 6.93. The molecule has 30 heavy (non-hydrogen) atoms. The first-order valence-electron chi connectivity index (χ1n) is 9.32. The fraction of sp³-hybridized carbons (Fsp3) is 0.300. The van der Waals surface area contributed by atoms with Crippen LogP contribution in [0.5, 0.6) is 11.5 Å². The number of aliphatic imine (C=N–C) groups is 2. The number of nitro benzene ring substituents is 2. The van der Waals surface area contributed by atoms with Gasteiger partial charge in [-0.15, -0.1) is 0 Å². The van der Waals surface area contributed by atoms with Crippen LogP contribution >= 0.6 is 0 Å². The van der Waals surface area contributed by atoms with Crippen molar-refractivity contribution in [3.63, 3.8) is 0 Å². The molecule has 0 saturated heterocycles. The predicted molar refractivity (Wildman–Crippen MR) is 106 cm³/mol. The van der Waals surface area contributed by atoms with Gasteiger partial charge in [-0.3, -0.25) is 30.2 Å². The molecule has 3 rings (SSSR count). The molecule has 1 fully saturated rings. The molecule has 1 aliphatic carbocycles. The van der Waals surface area contributed by atoms with Crippen LogP contribution in [0, 0.1) is 20.2 Å². The van der Waals surface area contributed by atoms with Gasteiger partial charge < -0.3 is 10.2 Å². The maximum atomic E-state index is 12.0. The molecule has 0 amide bonds. The second-order valence-electron chi connectivity index (χ2n) is 6.93. The zero-order chi connectivity index (χ0) is 21.7. The van der Waals surface area contributed by atoms with Gasteiger partial charge in [-0.2, -0.15) is 0 Å². The Bertz CT molecular complexity index is 939. The number of hydrogen-bond donors (Lipinski definition) is 0. The SMILES string of the molecule is O=[N+]([O-])c1ccc([O-])c(C=N[C@@H]2CCCC[C@H]2N=Cc2cc([N+](=O)[O-])ccc2[O-])c1. The zero-order valence-corrected chi connectivity index (χ0v) is 15.8. The van der Waals surface area contributed by atoms with E-state index in [1.54, 1.807) is 0 Å². The van der Waals surface area contributed by atoms with E-state index in [4.69, 9.17) is 0 Å². The van der Waals surface area contributed by atoms with Crippen LogP contribution < -0.4 is 10.2 Å². The minimum absolute atomic E-state index is 0.123. The molecular formula is C20H18N4O6-2. The molecule has 156 valence electrons. The third kappa shape index (κ3) is 4.96. The van der Waals surface area contributed by atoms with Gasteiger partial charge in [-0.05, 0) is 24.0 Å². The number of non-ortho nitro benzene ring substituents is 2. The molecule has 10 heteroatoms. The van der Waals surface area contributed by atoms with Crippen molar-refractivity contribution in [1.82, 2.24) is 0 Å². The smallest absolute Gasteiger partial charge is 0.270 e. The molecule has 2 aromatic carbocycles. The van der Waals surface area contributed by atoms with E-state index in [9.17, 15) is 30.4 Å². The first kappa shape index (κ1) is 20.9. The van der Waals surface area contributed by atoms with Crippen molar-refractivity contribution in [3.05, 3.63) is 67.8 Å². The lowest BCUT2D eigenvalue weighted by Crippen LogP contribution is -2.27. The van der Waals surface area contributed by atoms with Gasteiger partial charge in [0.05, 0.1) is 21.9 Å². The van der Waals surface area contributed by atoms with E-state index in [1.165, 1.54) is 24.6 Å². The molecule has 1 aliphatic rings. The minimum atomic E-state index is -0.579. The van der Waals surface area contributed by atoms with Crippen molar-refractivity contribution in [2.45, 2.75) is 37.8 Å². The predicted octanol–water partition coefficient (Wildman–Crippen LogP) is 2.50. The maximum Gasteiger partial charge on any atom is 0.270 e. The summed E-state index contributed by atoms with van der Waals surface area (Å²) in [6, 6.07) is 6.39. The van der Waals surface area contributed by atoms with E-state index in [1.807, 2.05) is 0 Å². The largest absolute Gasteiger partial charge is 0.872 e. The van der Waals surface area contributed by atoms with Crippen molar-refractivity contribution >= 4 is 23.8 Å². The highest BCUT2D eigenvalue weighted by Gasteiger charge is 2.23. The highest BCUT2D eigenvalue weighted by molar-refractivity contribution is 5.85. The van der Waals surface area contributed by atoms with Crippen LogP contribution in [0.2, 0.25) is 0 Å². The lowest BCUT2D eigenvalue weighted by Gasteiger charge is -2.26. The molecular weight excluding hydrogens is 392 g/mol. The number of nitrogens with zero attached hydrogens (tertiary/aromatic N) is 4. The van der Waals surface area contributed by atoms with Gasteiger partial charge in [0.2, 0.25) is 0 Å². The Morgan fingerprint density at radius 2 is 1.17 bits per heavy atom. The molecule has 0 heterocycles. The number of benzene rings is 2. The Kier molecular flexibility index (Phi) is 6.35. The van der Waals surface area contributed by atoms with E-state index in [-0.39, 0.29) is 46.1 Å². The summed E-state index contributed by atoms with van der Waals surface area (Å²) in [4.78, 5) is 29.5. The van der Waals surface area contributed by atoms with E-state index in [0.29, 0.717) is 12.8 Å². The summed E-state index contributed by atoms with van der Waals surface area (Å²) >= 11 is 0. The molecule has 0 aliphatic heterocycles. The van der Waals surface area contributed by atoms with Crippen LogP contribution in [-0.2, 0) is 0 Å². The third-order valence-electron chi connectivity index (χ3n) is 4.91. The quantitative estimate of drug-likeness (QED) is 0.404. The van der Waals surface area contributed by atoms with Gasteiger partial charge in [-0.25, -0.2) is 0 Å².